The van der Waals surface area contributed by atoms with E-state index in [9.17, 15) is 0 Å². The van der Waals surface area contributed by atoms with Crippen LogP contribution in [0.2, 0.25) is 0 Å². The quantitative estimate of drug-likeness (QED) is 0.329. The van der Waals surface area contributed by atoms with E-state index in [0.717, 1.165) is 50.9 Å². The van der Waals surface area contributed by atoms with Gasteiger partial charge in [0.05, 0.1) is 12.6 Å². The van der Waals surface area contributed by atoms with Crippen molar-refractivity contribution < 1.29 is 4.74 Å². The summed E-state index contributed by atoms with van der Waals surface area (Å²) in [5.74, 6) is 1.84. The van der Waals surface area contributed by atoms with E-state index in [1.807, 2.05) is 0 Å². The molecule has 3 rings (SSSR count). The van der Waals surface area contributed by atoms with Crippen molar-refractivity contribution in [3.8, 4) is 0 Å². The summed E-state index contributed by atoms with van der Waals surface area (Å²) in [6.45, 7) is 6.03. The van der Waals surface area contributed by atoms with Crippen molar-refractivity contribution in [2.24, 2.45) is 4.99 Å². The Morgan fingerprint density at radius 2 is 2.33 bits per heavy atom. The van der Waals surface area contributed by atoms with Crippen LogP contribution in [0.25, 0.3) is 0 Å². The number of rotatable bonds is 8. The average Bonchev–Trinajstić information content (AvgIpc) is 3.36. The van der Waals surface area contributed by atoms with Crippen LogP contribution in [0, 0.1) is 0 Å². The third kappa shape index (κ3) is 7.38. The van der Waals surface area contributed by atoms with Gasteiger partial charge in [-0.15, -0.1) is 45.5 Å². The zero-order chi connectivity index (χ0) is 18.0. The summed E-state index contributed by atoms with van der Waals surface area (Å²) >= 11 is 1.73. The predicted octanol–water partition coefficient (Wildman–Crippen LogP) is 2.82. The molecule has 9 heteroatoms. The lowest BCUT2D eigenvalue weighted by atomic mass is 10.1. The molecular weight excluding hydrogens is 475 g/mol. The molecule has 0 radical (unpaired) electrons. The number of guanidine groups is 1. The maximum Gasteiger partial charge on any atom is 0.191 e. The van der Waals surface area contributed by atoms with Crippen molar-refractivity contribution in [3.63, 3.8) is 0 Å². The number of nitrogens with zero attached hydrogens (tertiary/aromatic N) is 4. The number of nitrogens with one attached hydrogen (secondary N) is 2. The van der Waals surface area contributed by atoms with E-state index in [4.69, 9.17) is 9.73 Å². The predicted molar refractivity (Wildman–Crippen MR) is 120 cm³/mol. The summed E-state index contributed by atoms with van der Waals surface area (Å²) < 4.78 is 7.89. The second kappa shape index (κ2) is 12.3. The molecule has 2 aromatic heterocycles. The molecule has 1 aliphatic heterocycles. The van der Waals surface area contributed by atoms with E-state index in [2.05, 4.69) is 49.8 Å². The Balaban J connectivity index is 0.00000261. The van der Waals surface area contributed by atoms with Gasteiger partial charge in [0.1, 0.15) is 12.2 Å². The van der Waals surface area contributed by atoms with Crippen molar-refractivity contribution in [3.05, 3.63) is 34.5 Å². The Labute approximate surface area is 182 Å². The fourth-order valence-electron chi connectivity index (χ4n) is 2.95. The molecule has 150 valence electrons. The fourth-order valence-corrected chi connectivity index (χ4v) is 3.58. The third-order valence-corrected chi connectivity index (χ3v) is 5.26. The summed E-state index contributed by atoms with van der Waals surface area (Å²) in [5, 5.41) is 17.1. The largest absolute Gasteiger partial charge is 0.376 e. The van der Waals surface area contributed by atoms with Crippen LogP contribution in [0.4, 0.5) is 0 Å². The molecule has 0 bridgehead atoms. The van der Waals surface area contributed by atoms with E-state index in [1.165, 1.54) is 17.7 Å². The molecular formula is C18H29IN6OS. The maximum absolute atomic E-state index is 5.81. The molecule has 1 aliphatic rings. The lowest BCUT2D eigenvalue weighted by molar-refractivity contribution is 0.0194. The van der Waals surface area contributed by atoms with E-state index in [0.29, 0.717) is 6.54 Å². The second-order valence-corrected chi connectivity index (χ2v) is 7.37. The molecule has 0 aliphatic carbocycles. The van der Waals surface area contributed by atoms with Crippen LogP contribution in [0.3, 0.4) is 0 Å². The number of aromatic nitrogens is 3. The van der Waals surface area contributed by atoms with Crippen LogP contribution < -0.4 is 10.6 Å². The molecule has 0 aromatic carbocycles. The molecule has 1 saturated heterocycles. The summed E-state index contributed by atoms with van der Waals surface area (Å²) in [6.07, 6.45) is 6.48. The molecule has 2 N–H and O–H groups in total. The van der Waals surface area contributed by atoms with Crippen LogP contribution in [0.5, 0.6) is 0 Å². The van der Waals surface area contributed by atoms with Gasteiger partial charge in [0.15, 0.2) is 5.96 Å². The van der Waals surface area contributed by atoms with Crippen molar-refractivity contribution in [1.82, 2.24) is 25.4 Å². The topological polar surface area (TPSA) is 76.4 Å². The number of hydrogen-bond acceptors (Lipinski definition) is 5. The highest BCUT2D eigenvalue weighted by molar-refractivity contribution is 14.0. The first-order valence-electron chi connectivity index (χ1n) is 9.38. The maximum atomic E-state index is 5.81. The molecule has 1 fully saturated rings. The number of ether oxygens (including phenoxy) is 1. The summed E-state index contributed by atoms with van der Waals surface area (Å²) in [4.78, 5) is 5.98. The number of aliphatic imine (C=N–C) groups is 1. The molecule has 2 aromatic rings. The molecule has 27 heavy (non-hydrogen) atoms. The first kappa shape index (κ1) is 22.1. The van der Waals surface area contributed by atoms with Gasteiger partial charge in [0, 0.05) is 37.5 Å². The van der Waals surface area contributed by atoms with Crippen LogP contribution in [-0.2, 0) is 24.2 Å². The molecule has 0 amide bonds. The van der Waals surface area contributed by atoms with Gasteiger partial charge in [-0.1, -0.05) is 13.0 Å². The second-order valence-electron chi connectivity index (χ2n) is 6.33. The highest BCUT2D eigenvalue weighted by Gasteiger charge is 2.14. The van der Waals surface area contributed by atoms with Crippen molar-refractivity contribution >= 4 is 41.3 Å². The van der Waals surface area contributed by atoms with Crippen LogP contribution in [0.1, 0.15) is 36.9 Å². The minimum absolute atomic E-state index is 0. The van der Waals surface area contributed by atoms with Crippen LogP contribution >= 0.6 is 35.3 Å². The van der Waals surface area contributed by atoms with Crippen molar-refractivity contribution in [1.29, 1.82) is 0 Å². The fraction of sp³-hybridized carbons (Fsp3) is 0.611. The Bertz CT molecular complexity index is 669. The number of halogens is 1. The zero-order valence-corrected chi connectivity index (χ0v) is 18.9. The van der Waals surface area contributed by atoms with Crippen molar-refractivity contribution in [2.45, 2.75) is 51.8 Å². The summed E-state index contributed by atoms with van der Waals surface area (Å²) in [7, 11) is 0. The van der Waals surface area contributed by atoms with Crippen LogP contribution in [0.15, 0.2) is 28.8 Å². The van der Waals surface area contributed by atoms with Gasteiger partial charge in [-0.25, -0.2) is 4.99 Å². The van der Waals surface area contributed by atoms with Crippen LogP contribution in [-0.4, -0.2) is 46.5 Å². The summed E-state index contributed by atoms with van der Waals surface area (Å²) in [5.41, 5.74) is 0. The third-order valence-electron chi connectivity index (χ3n) is 4.40. The Morgan fingerprint density at radius 1 is 1.41 bits per heavy atom. The van der Waals surface area contributed by atoms with Crippen molar-refractivity contribution in [2.75, 3.05) is 19.7 Å². The van der Waals surface area contributed by atoms with Gasteiger partial charge < -0.3 is 19.9 Å². The SMILES string of the molecule is CCc1nncn1CCNC(=NCc1cccs1)NCC1CCCCO1.I. The number of thiophene rings is 1. The standard InChI is InChI=1S/C18H28N6OS.HI/c1-2-17-23-22-14-24(17)9-8-19-18(21-13-16-7-5-11-26-16)20-12-15-6-3-4-10-25-15;/h5,7,11,14-15H,2-4,6,8-10,12-13H2,1H3,(H2,19,20,21);1H. The average molecular weight is 504 g/mol. The Hall–Kier alpha value is -1.20. The van der Waals surface area contributed by atoms with Gasteiger partial charge in [-0.2, -0.15) is 0 Å². The lowest BCUT2D eigenvalue weighted by Crippen LogP contribution is -2.43. The van der Waals surface area contributed by atoms with E-state index in [-0.39, 0.29) is 30.1 Å². The smallest absolute Gasteiger partial charge is 0.191 e. The Morgan fingerprint density at radius 3 is 3.07 bits per heavy atom. The molecule has 1 atom stereocenters. The number of aryl methyl sites for hydroxylation is 1. The Kier molecular flexibility index (Phi) is 10.1. The van der Waals surface area contributed by atoms with E-state index in [1.54, 1.807) is 17.7 Å². The molecule has 0 spiro atoms. The number of hydrogen-bond donors (Lipinski definition) is 2. The van der Waals surface area contributed by atoms with Gasteiger partial charge in [-0.05, 0) is 30.7 Å². The zero-order valence-electron chi connectivity index (χ0n) is 15.8. The van der Waals surface area contributed by atoms with Gasteiger partial charge in [-0.3, -0.25) is 0 Å². The highest BCUT2D eigenvalue weighted by Crippen LogP contribution is 2.12. The van der Waals surface area contributed by atoms with Gasteiger partial charge in [0.25, 0.3) is 0 Å². The highest BCUT2D eigenvalue weighted by atomic mass is 127. The minimum atomic E-state index is 0. The van der Waals surface area contributed by atoms with E-state index >= 15 is 0 Å². The van der Waals surface area contributed by atoms with E-state index < -0.39 is 0 Å². The minimum Gasteiger partial charge on any atom is -0.376 e. The molecule has 7 nitrogen and oxygen atoms in total. The molecule has 1 unspecified atom stereocenters. The monoisotopic (exact) mass is 504 g/mol. The summed E-state index contributed by atoms with van der Waals surface area (Å²) in [6, 6.07) is 4.17. The first-order valence-corrected chi connectivity index (χ1v) is 10.3. The first-order chi connectivity index (χ1) is 12.8. The van der Waals surface area contributed by atoms with Gasteiger partial charge >= 0.3 is 0 Å². The molecule has 0 saturated carbocycles. The normalized spacial score (nSPS) is 17.4. The lowest BCUT2D eigenvalue weighted by Gasteiger charge is -2.24. The molecule has 3 heterocycles. The van der Waals surface area contributed by atoms with Gasteiger partial charge in [0.2, 0.25) is 0 Å².